The second kappa shape index (κ2) is 9.85. The van der Waals surface area contributed by atoms with Gasteiger partial charge in [-0.25, -0.2) is 19.0 Å². The predicted molar refractivity (Wildman–Crippen MR) is 138 cm³/mol. The lowest BCUT2D eigenvalue weighted by atomic mass is 10.1. The number of benzene rings is 1. The molecular weight excluding hydrogens is 519 g/mol. The molecule has 0 unspecified atom stereocenters. The van der Waals surface area contributed by atoms with Crippen molar-refractivity contribution in [1.82, 2.24) is 24.2 Å². The summed E-state index contributed by atoms with van der Waals surface area (Å²) in [6.45, 7) is 5.98. The highest BCUT2D eigenvalue weighted by atomic mass is 32.1. The molecule has 3 heterocycles. The van der Waals surface area contributed by atoms with Crippen LogP contribution < -0.4 is 21.0 Å². The molecule has 4 aromatic rings. The number of methoxy groups -OCH3 is 1. The van der Waals surface area contributed by atoms with Gasteiger partial charge in [0, 0.05) is 12.6 Å². The monoisotopic (exact) mass is 544 g/mol. The van der Waals surface area contributed by atoms with Crippen molar-refractivity contribution in [2.24, 2.45) is 0 Å². The largest absolute Gasteiger partial charge is 0.496 e. The number of nitrogens with zero attached hydrogens (tertiary/aromatic N) is 6. The summed E-state index contributed by atoms with van der Waals surface area (Å²) in [5.41, 5.74) is -2.33. The molecule has 0 saturated heterocycles. The van der Waals surface area contributed by atoms with Crippen LogP contribution in [0.4, 0.5) is 9.18 Å². The number of thiophene rings is 1. The van der Waals surface area contributed by atoms with Crippen LogP contribution in [0, 0.1) is 12.7 Å². The topological polar surface area (TPSA) is 131 Å². The standard InChI is InChI=1S/C24H25FN6O6S/c1-13-18-19(33)30(28(5)23(35)37-24(2,3)4)22(34)29(21(18)38-20(13)31-26-9-10-27-31)12-16(32)15-11-14(25)7-8-17(15)36-6/h7-11H,12H2,1-6H3. The fourth-order valence-electron chi connectivity index (χ4n) is 3.77. The number of ketones is 1. The van der Waals surface area contributed by atoms with Crippen molar-refractivity contribution < 1.29 is 23.5 Å². The van der Waals surface area contributed by atoms with E-state index in [4.69, 9.17) is 9.47 Å². The highest BCUT2D eigenvalue weighted by Gasteiger charge is 2.28. The second-order valence-corrected chi connectivity index (χ2v) is 10.3. The molecule has 1 amide bonds. The molecule has 0 aliphatic heterocycles. The molecule has 0 atom stereocenters. The van der Waals surface area contributed by atoms with Gasteiger partial charge in [0.05, 0.1) is 37.0 Å². The van der Waals surface area contributed by atoms with E-state index in [1.54, 1.807) is 27.7 Å². The molecule has 1 aromatic carbocycles. The summed E-state index contributed by atoms with van der Waals surface area (Å²) in [6, 6.07) is 3.45. The number of amides is 1. The average molecular weight is 545 g/mol. The molecule has 0 saturated carbocycles. The van der Waals surface area contributed by atoms with Gasteiger partial charge in [0.2, 0.25) is 0 Å². The minimum absolute atomic E-state index is 0.0799. The van der Waals surface area contributed by atoms with Crippen molar-refractivity contribution >= 4 is 33.4 Å². The quantitative estimate of drug-likeness (QED) is 0.339. The number of aryl methyl sites for hydroxylation is 1. The predicted octanol–water partition coefficient (Wildman–Crippen LogP) is 2.65. The molecule has 0 fully saturated rings. The van der Waals surface area contributed by atoms with Crippen LogP contribution in [0.1, 0.15) is 36.7 Å². The number of hydrogen-bond acceptors (Lipinski definition) is 9. The Morgan fingerprint density at radius 3 is 2.42 bits per heavy atom. The van der Waals surface area contributed by atoms with E-state index in [0.717, 1.165) is 33.0 Å². The van der Waals surface area contributed by atoms with Crippen molar-refractivity contribution in [3.8, 4) is 10.8 Å². The maximum absolute atomic E-state index is 14.0. The van der Waals surface area contributed by atoms with Crippen LogP contribution in [0.15, 0.2) is 40.2 Å². The van der Waals surface area contributed by atoms with Crippen molar-refractivity contribution in [2.75, 3.05) is 19.2 Å². The van der Waals surface area contributed by atoms with Gasteiger partial charge in [-0.15, -0.1) is 4.80 Å². The van der Waals surface area contributed by atoms with Gasteiger partial charge in [-0.2, -0.15) is 14.9 Å². The highest BCUT2D eigenvalue weighted by Crippen LogP contribution is 2.30. The van der Waals surface area contributed by atoms with Gasteiger partial charge >= 0.3 is 11.8 Å². The fourth-order valence-corrected chi connectivity index (χ4v) is 4.98. The van der Waals surface area contributed by atoms with E-state index in [-0.39, 0.29) is 21.5 Å². The van der Waals surface area contributed by atoms with E-state index in [1.807, 2.05) is 0 Å². The van der Waals surface area contributed by atoms with Crippen molar-refractivity contribution in [3.63, 3.8) is 0 Å². The number of hydrogen-bond donors (Lipinski definition) is 0. The Morgan fingerprint density at radius 2 is 1.82 bits per heavy atom. The second-order valence-electron chi connectivity index (χ2n) is 9.29. The zero-order chi connectivity index (χ0) is 27.9. The number of rotatable bonds is 6. The van der Waals surface area contributed by atoms with Gasteiger partial charge < -0.3 is 9.47 Å². The molecule has 0 bridgehead atoms. The third-order valence-electron chi connectivity index (χ3n) is 5.49. The Hall–Kier alpha value is -4.33. The molecule has 4 rings (SSSR count). The molecule has 0 radical (unpaired) electrons. The van der Waals surface area contributed by atoms with Crippen LogP contribution in [0.5, 0.6) is 5.75 Å². The Balaban J connectivity index is 1.97. The summed E-state index contributed by atoms with van der Waals surface area (Å²) >= 11 is 1.02. The van der Waals surface area contributed by atoms with Gasteiger partial charge in [-0.3, -0.25) is 14.2 Å². The Bertz CT molecular complexity index is 1660. The summed E-state index contributed by atoms with van der Waals surface area (Å²) in [7, 11) is 2.54. The maximum atomic E-state index is 14.0. The third kappa shape index (κ3) is 4.81. The molecule has 38 heavy (non-hydrogen) atoms. The molecule has 3 aromatic heterocycles. The summed E-state index contributed by atoms with van der Waals surface area (Å²) in [5.74, 6) is -1.20. The van der Waals surface area contributed by atoms with E-state index < -0.39 is 41.1 Å². The molecular formula is C24H25FN6O6S. The van der Waals surface area contributed by atoms with Crippen molar-refractivity contribution in [3.05, 3.63) is 68.4 Å². The summed E-state index contributed by atoms with van der Waals surface area (Å²) in [6.07, 6.45) is 1.94. The number of Topliss-reactive ketones (excluding diaryl/α,β-unsaturated/α-hetero) is 1. The zero-order valence-corrected chi connectivity index (χ0v) is 22.3. The Kier molecular flexibility index (Phi) is 6.93. The van der Waals surface area contributed by atoms with E-state index in [1.165, 1.54) is 37.4 Å². The third-order valence-corrected chi connectivity index (χ3v) is 6.77. The molecule has 0 aliphatic rings. The molecule has 14 heteroatoms. The van der Waals surface area contributed by atoms with Gasteiger partial charge in [-0.1, -0.05) is 11.3 Å². The van der Waals surface area contributed by atoms with Gasteiger partial charge in [-0.05, 0) is 45.9 Å². The van der Waals surface area contributed by atoms with Crippen LogP contribution in [0.2, 0.25) is 0 Å². The summed E-state index contributed by atoms with van der Waals surface area (Å²) in [5, 5.41) is 9.47. The van der Waals surface area contributed by atoms with Crippen LogP contribution >= 0.6 is 11.3 Å². The molecule has 12 nitrogen and oxygen atoms in total. The molecule has 0 aliphatic carbocycles. The minimum Gasteiger partial charge on any atom is -0.496 e. The first kappa shape index (κ1) is 26.7. The lowest BCUT2D eigenvalue weighted by Crippen LogP contribution is -2.54. The van der Waals surface area contributed by atoms with E-state index >= 15 is 0 Å². The number of halogens is 1. The number of carbonyl (C=O) groups excluding carboxylic acids is 2. The average Bonchev–Trinajstić information content (AvgIpc) is 3.48. The normalized spacial score (nSPS) is 11.6. The fraction of sp³-hybridized carbons (Fsp3) is 0.333. The number of ether oxygens (including phenoxy) is 2. The smallest absolute Gasteiger partial charge is 0.429 e. The van der Waals surface area contributed by atoms with Crippen LogP contribution in [0.25, 0.3) is 15.2 Å². The first-order chi connectivity index (χ1) is 17.8. The number of fused-ring (bicyclic) bond motifs is 1. The van der Waals surface area contributed by atoms with E-state index in [2.05, 4.69) is 10.2 Å². The highest BCUT2D eigenvalue weighted by molar-refractivity contribution is 7.21. The van der Waals surface area contributed by atoms with Crippen LogP contribution in [-0.4, -0.2) is 55.9 Å². The molecule has 0 N–H and O–H groups in total. The van der Waals surface area contributed by atoms with Crippen LogP contribution in [0.3, 0.4) is 0 Å². The first-order valence-corrected chi connectivity index (χ1v) is 12.1. The lowest BCUT2D eigenvalue weighted by Gasteiger charge is -2.25. The zero-order valence-electron chi connectivity index (χ0n) is 21.5. The van der Waals surface area contributed by atoms with E-state index in [9.17, 15) is 23.6 Å². The SMILES string of the molecule is COc1ccc(F)cc1C(=O)Cn1c(=O)n(N(C)C(=O)OC(C)(C)C)c(=O)c2c(C)c(-n3nccn3)sc21. The van der Waals surface area contributed by atoms with Crippen molar-refractivity contribution in [1.29, 1.82) is 0 Å². The van der Waals surface area contributed by atoms with Crippen LogP contribution in [-0.2, 0) is 11.3 Å². The minimum atomic E-state index is -0.971. The Morgan fingerprint density at radius 1 is 1.16 bits per heavy atom. The molecule has 0 spiro atoms. The number of carbonyl (C=O) groups is 2. The maximum Gasteiger partial charge on any atom is 0.429 e. The number of aromatic nitrogens is 5. The van der Waals surface area contributed by atoms with E-state index in [0.29, 0.717) is 15.2 Å². The van der Waals surface area contributed by atoms with Crippen molar-refractivity contribution in [2.45, 2.75) is 39.8 Å². The lowest BCUT2D eigenvalue weighted by molar-refractivity contribution is 0.0546. The van der Waals surface area contributed by atoms with Gasteiger partial charge in [0.1, 0.15) is 27.0 Å². The summed E-state index contributed by atoms with van der Waals surface area (Å²) < 4.78 is 26.2. The van der Waals surface area contributed by atoms with Gasteiger partial charge in [0.15, 0.2) is 5.78 Å². The summed E-state index contributed by atoms with van der Waals surface area (Å²) in [4.78, 5) is 54.9. The first-order valence-electron chi connectivity index (χ1n) is 11.3. The van der Waals surface area contributed by atoms with Gasteiger partial charge in [0.25, 0.3) is 5.56 Å². The molecule has 200 valence electrons. The Labute approximate surface area is 219 Å².